The highest BCUT2D eigenvalue weighted by atomic mass is 79.9. The molecule has 0 bridgehead atoms. The molecule has 2 heterocycles. The van der Waals surface area contributed by atoms with Crippen LogP contribution >= 0.6 is 27.3 Å². The van der Waals surface area contributed by atoms with Gasteiger partial charge in [-0.15, -0.1) is 11.3 Å². The Morgan fingerprint density at radius 1 is 1.67 bits per heavy atom. The minimum Gasteiger partial charge on any atom is -0.481 e. The van der Waals surface area contributed by atoms with E-state index < -0.39 is 5.97 Å². The summed E-state index contributed by atoms with van der Waals surface area (Å²) in [6.07, 6.45) is -0.0566. The maximum atomic E-state index is 10.6. The number of carboxylic acids is 1. The summed E-state index contributed by atoms with van der Waals surface area (Å²) in [6, 6.07) is 3.87. The average Bonchev–Trinajstić information content (AvgIpc) is 2.76. The van der Waals surface area contributed by atoms with E-state index in [9.17, 15) is 4.79 Å². The lowest BCUT2D eigenvalue weighted by Gasteiger charge is -1.93. The number of aromatic amines is 1. The number of halogens is 1. The van der Waals surface area contributed by atoms with E-state index in [1.165, 1.54) is 0 Å². The smallest absolute Gasteiger partial charge is 0.309 e. The van der Waals surface area contributed by atoms with Gasteiger partial charge in [-0.25, -0.2) is 0 Å². The van der Waals surface area contributed by atoms with Crippen molar-refractivity contribution in [1.29, 1.82) is 0 Å². The van der Waals surface area contributed by atoms with Crippen molar-refractivity contribution >= 4 is 33.2 Å². The Morgan fingerprint density at radius 2 is 2.47 bits per heavy atom. The van der Waals surface area contributed by atoms with E-state index in [0.29, 0.717) is 5.69 Å². The summed E-state index contributed by atoms with van der Waals surface area (Å²) in [5.74, 6) is -0.878. The lowest BCUT2D eigenvalue weighted by molar-refractivity contribution is -0.136. The molecule has 0 aliphatic rings. The zero-order chi connectivity index (χ0) is 10.8. The van der Waals surface area contributed by atoms with E-state index >= 15 is 0 Å². The molecule has 0 saturated heterocycles. The Hall–Kier alpha value is -1.14. The van der Waals surface area contributed by atoms with Crippen molar-refractivity contribution in [3.05, 3.63) is 27.7 Å². The lowest BCUT2D eigenvalue weighted by Crippen LogP contribution is -2.00. The quantitative estimate of drug-likeness (QED) is 0.911. The molecule has 0 amide bonds. The fourth-order valence-corrected chi connectivity index (χ4v) is 2.59. The molecule has 4 nitrogen and oxygen atoms in total. The van der Waals surface area contributed by atoms with Crippen LogP contribution < -0.4 is 0 Å². The Balaban J connectivity index is 2.36. The highest BCUT2D eigenvalue weighted by molar-refractivity contribution is 9.10. The third-order valence-electron chi connectivity index (χ3n) is 1.86. The third-order valence-corrected chi connectivity index (χ3v) is 3.59. The second-order valence-electron chi connectivity index (χ2n) is 2.91. The zero-order valence-corrected chi connectivity index (χ0v) is 9.93. The molecule has 2 N–H and O–H groups in total. The van der Waals surface area contributed by atoms with Crippen molar-refractivity contribution in [2.75, 3.05) is 0 Å². The first-order chi connectivity index (χ1) is 7.18. The van der Waals surface area contributed by atoms with Crippen LogP contribution in [0.2, 0.25) is 0 Å². The summed E-state index contributed by atoms with van der Waals surface area (Å²) in [5.41, 5.74) is 1.35. The van der Waals surface area contributed by atoms with E-state index in [1.807, 2.05) is 17.5 Å². The van der Waals surface area contributed by atoms with Gasteiger partial charge in [-0.2, -0.15) is 5.10 Å². The van der Waals surface area contributed by atoms with Crippen LogP contribution in [0.25, 0.3) is 10.6 Å². The number of carbonyl (C=O) groups is 1. The van der Waals surface area contributed by atoms with Gasteiger partial charge in [0.1, 0.15) is 5.69 Å². The van der Waals surface area contributed by atoms with Crippen molar-refractivity contribution < 1.29 is 9.90 Å². The van der Waals surface area contributed by atoms with E-state index in [0.717, 1.165) is 15.0 Å². The number of aromatic nitrogens is 2. The van der Waals surface area contributed by atoms with Gasteiger partial charge in [0, 0.05) is 0 Å². The highest BCUT2D eigenvalue weighted by Crippen LogP contribution is 2.31. The Labute approximate surface area is 98.1 Å². The largest absolute Gasteiger partial charge is 0.481 e. The summed E-state index contributed by atoms with van der Waals surface area (Å²) < 4.78 is 0.729. The van der Waals surface area contributed by atoms with Gasteiger partial charge < -0.3 is 5.11 Å². The maximum absolute atomic E-state index is 10.6. The van der Waals surface area contributed by atoms with Crippen LogP contribution in [0.15, 0.2) is 22.0 Å². The number of rotatable bonds is 3. The molecule has 2 rings (SSSR count). The van der Waals surface area contributed by atoms with Gasteiger partial charge in [0.2, 0.25) is 0 Å². The molecule has 2 aromatic heterocycles. The summed E-state index contributed by atoms with van der Waals surface area (Å²) >= 11 is 4.91. The van der Waals surface area contributed by atoms with Gasteiger partial charge in [0.05, 0.1) is 21.5 Å². The van der Waals surface area contributed by atoms with Crippen molar-refractivity contribution in [3.8, 4) is 10.6 Å². The van der Waals surface area contributed by atoms with Crippen LogP contribution in [0.4, 0.5) is 0 Å². The van der Waals surface area contributed by atoms with Gasteiger partial charge in [-0.1, -0.05) is 6.07 Å². The molecular formula is C9H7BrN2O2S. The number of H-pyrrole nitrogens is 1. The van der Waals surface area contributed by atoms with Crippen molar-refractivity contribution in [2.45, 2.75) is 6.42 Å². The first-order valence-electron chi connectivity index (χ1n) is 4.17. The van der Waals surface area contributed by atoms with E-state index in [-0.39, 0.29) is 6.42 Å². The molecule has 0 aliphatic heterocycles. The van der Waals surface area contributed by atoms with E-state index in [2.05, 4.69) is 26.1 Å². The van der Waals surface area contributed by atoms with Crippen LogP contribution in [0.5, 0.6) is 0 Å². The van der Waals surface area contributed by atoms with Crippen LogP contribution in [0.1, 0.15) is 5.69 Å². The molecule has 0 spiro atoms. The number of thiophene rings is 1. The van der Waals surface area contributed by atoms with E-state index in [1.54, 1.807) is 11.3 Å². The number of hydrogen-bond acceptors (Lipinski definition) is 3. The molecule has 0 saturated carbocycles. The number of carboxylic acid groups (broad SMARTS) is 1. The molecule has 0 unspecified atom stereocenters. The monoisotopic (exact) mass is 286 g/mol. The fraction of sp³-hybridized carbons (Fsp3) is 0.111. The van der Waals surface area contributed by atoms with Crippen LogP contribution in [0, 0.1) is 0 Å². The number of hydrogen-bond donors (Lipinski definition) is 2. The van der Waals surface area contributed by atoms with Crippen molar-refractivity contribution in [3.63, 3.8) is 0 Å². The van der Waals surface area contributed by atoms with Gasteiger partial charge >= 0.3 is 5.97 Å². The summed E-state index contributed by atoms with van der Waals surface area (Å²) in [4.78, 5) is 11.6. The Kier molecular flexibility index (Phi) is 2.88. The van der Waals surface area contributed by atoms with Crippen molar-refractivity contribution in [1.82, 2.24) is 10.2 Å². The average molecular weight is 287 g/mol. The van der Waals surface area contributed by atoms with Gasteiger partial charge in [0.15, 0.2) is 0 Å². The second kappa shape index (κ2) is 4.16. The van der Waals surface area contributed by atoms with Gasteiger partial charge in [0.25, 0.3) is 0 Å². The summed E-state index contributed by atoms with van der Waals surface area (Å²) in [5, 5.41) is 17.4. The molecule has 0 aromatic carbocycles. The number of nitrogens with zero attached hydrogens (tertiary/aromatic N) is 1. The minimum atomic E-state index is -0.878. The molecule has 6 heteroatoms. The topological polar surface area (TPSA) is 66.0 Å². The molecule has 0 atom stereocenters. The van der Waals surface area contributed by atoms with Crippen molar-refractivity contribution in [2.24, 2.45) is 0 Å². The molecule has 0 aliphatic carbocycles. The Morgan fingerprint density at radius 3 is 3.07 bits per heavy atom. The highest BCUT2D eigenvalue weighted by Gasteiger charge is 2.14. The number of nitrogens with one attached hydrogen (secondary N) is 1. The first kappa shape index (κ1) is 10.4. The molecule has 0 fully saturated rings. The lowest BCUT2D eigenvalue weighted by atomic mass is 10.2. The molecular weight excluding hydrogens is 280 g/mol. The molecule has 78 valence electrons. The van der Waals surface area contributed by atoms with Crippen LogP contribution in [-0.4, -0.2) is 21.3 Å². The first-order valence-corrected chi connectivity index (χ1v) is 5.84. The minimum absolute atomic E-state index is 0.0566. The third kappa shape index (κ3) is 2.10. The van der Waals surface area contributed by atoms with Crippen LogP contribution in [0.3, 0.4) is 0 Å². The predicted molar refractivity (Wildman–Crippen MR) is 60.9 cm³/mol. The van der Waals surface area contributed by atoms with Gasteiger partial charge in [-0.3, -0.25) is 9.89 Å². The number of aliphatic carboxylic acids is 1. The molecule has 0 radical (unpaired) electrons. The summed E-state index contributed by atoms with van der Waals surface area (Å²) in [7, 11) is 0. The maximum Gasteiger partial charge on any atom is 0.309 e. The second-order valence-corrected chi connectivity index (χ2v) is 4.65. The van der Waals surface area contributed by atoms with Gasteiger partial charge in [-0.05, 0) is 27.4 Å². The normalized spacial score (nSPS) is 10.5. The Bertz CT molecular complexity index is 478. The summed E-state index contributed by atoms with van der Waals surface area (Å²) in [6.45, 7) is 0. The van der Waals surface area contributed by atoms with E-state index in [4.69, 9.17) is 5.11 Å². The standard InChI is InChI=1S/C9H7BrN2O2S/c10-8-5(4-7(13)14)11-12-9(8)6-2-1-3-15-6/h1-3H,4H2,(H,11,12)(H,13,14). The SMILES string of the molecule is O=C(O)Cc1[nH]nc(-c2cccs2)c1Br. The fourth-order valence-electron chi connectivity index (χ4n) is 1.21. The van der Waals surface area contributed by atoms with Crippen LogP contribution in [-0.2, 0) is 11.2 Å². The molecule has 15 heavy (non-hydrogen) atoms. The molecule has 2 aromatic rings. The predicted octanol–water partition coefficient (Wildman–Crippen LogP) is 2.53. The zero-order valence-electron chi connectivity index (χ0n) is 7.53.